The number of sulfonamides is 1. The van der Waals surface area contributed by atoms with Crippen LogP contribution in [0.3, 0.4) is 0 Å². The molecule has 1 aliphatic rings. The molecular formula is C19H21FN4O2S. The SMILES string of the molecule is CN(C)c1cccc(S(=O)(=O)N2CCN(c3cccc(F)c3C#N)CC2)c1. The third-order valence-corrected chi connectivity index (χ3v) is 6.55. The Morgan fingerprint density at radius 3 is 2.37 bits per heavy atom. The maximum atomic E-state index is 13.8. The molecule has 0 spiro atoms. The van der Waals surface area contributed by atoms with Gasteiger partial charge in [-0.05, 0) is 30.3 Å². The molecule has 0 atom stereocenters. The molecule has 1 heterocycles. The number of hydrogen-bond donors (Lipinski definition) is 0. The van der Waals surface area contributed by atoms with E-state index in [4.69, 9.17) is 0 Å². The van der Waals surface area contributed by atoms with Gasteiger partial charge in [-0.1, -0.05) is 12.1 Å². The second kappa shape index (κ2) is 7.55. The van der Waals surface area contributed by atoms with E-state index in [1.54, 1.807) is 30.3 Å². The van der Waals surface area contributed by atoms with Crippen molar-refractivity contribution in [3.8, 4) is 6.07 Å². The molecule has 8 heteroatoms. The average Bonchev–Trinajstić information content (AvgIpc) is 2.68. The van der Waals surface area contributed by atoms with Crippen LogP contribution in [0.4, 0.5) is 15.8 Å². The van der Waals surface area contributed by atoms with E-state index in [9.17, 15) is 18.1 Å². The van der Waals surface area contributed by atoms with Gasteiger partial charge in [-0.2, -0.15) is 9.57 Å². The Hall–Kier alpha value is -2.63. The number of rotatable bonds is 4. The third-order valence-electron chi connectivity index (χ3n) is 4.65. The van der Waals surface area contributed by atoms with Crippen molar-refractivity contribution in [3.63, 3.8) is 0 Å². The average molecular weight is 388 g/mol. The summed E-state index contributed by atoms with van der Waals surface area (Å²) in [4.78, 5) is 3.96. The molecule has 0 bridgehead atoms. The van der Waals surface area contributed by atoms with E-state index in [1.165, 1.54) is 10.4 Å². The first-order valence-electron chi connectivity index (χ1n) is 8.55. The molecular weight excluding hydrogens is 367 g/mol. The predicted octanol–water partition coefficient (Wildman–Crippen LogP) is 2.27. The second-order valence-electron chi connectivity index (χ2n) is 6.53. The molecule has 27 heavy (non-hydrogen) atoms. The molecule has 0 unspecified atom stereocenters. The minimum absolute atomic E-state index is 0.00695. The largest absolute Gasteiger partial charge is 0.378 e. The Bertz CT molecular complexity index is 977. The number of nitriles is 1. The number of nitrogens with zero attached hydrogens (tertiary/aromatic N) is 4. The van der Waals surface area contributed by atoms with Crippen molar-refractivity contribution in [2.45, 2.75) is 4.90 Å². The summed E-state index contributed by atoms with van der Waals surface area (Å²) >= 11 is 0. The van der Waals surface area contributed by atoms with Crippen LogP contribution in [0.5, 0.6) is 0 Å². The van der Waals surface area contributed by atoms with E-state index < -0.39 is 15.8 Å². The van der Waals surface area contributed by atoms with Gasteiger partial charge in [0.05, 0.1) is 10.6 Å². The maximum Gasteiger partial charge on any atom is 0.243 e. The molecule has 3 rings (SSSR count). The van der Waals surface area contributed by atoms with Crippen molar-refractivity contribution >= 4 is 21.4 Å². The Labute approximate surface area is 159 Å². The molecule has 0 saturated carbocycles. The summed E-state index contributed by atoms with van der Waals surface area (Å²) in [6.45, 7) is 1.33. The third kappa shape index (κ3) is 3.75. The summed E-state index contributed by atoms with van der Waals surface area (Å²) in [6.07, 6.45) is 0. The Kier molecular flexibility index (Phi) is 5.35. The standard InChI is InChI=1S/C19H21FN4O2S/c1-22(2)15-5-3-6-16(13-15)27(25,26)24-11-9-23(10-12-24)19-8-4-7-18(20)17(19)14-21/h3-8,13H,9-12H2,1-2H3. The highest BCUT2D eigenvalue weighted by Gasteiger charge is 2.29. The molecule has 142 valence electrons. The van der Waals surface area contributed by atoms with E-state index in [1.807, 2.05) is 36.0 Å². The zero-order chi connectivity index (χ0) is 19.6. The lowest BCUT2D eigenvalue weighted by molar-refractivity contribution is 0.384. The summed E-state index contributed by atoms with van der Waals surface area (Å²) in [7, 11) is 0.108. The topological polar surface area (TPSA) is 67.7 Å². The van der Waals surface area contributed by atoms with Crippen molar-refractivity contribution < 1.29 is 12.8 Å². The van der Waals surface area contributed by atoms with E-state index in [-0.39, 0.29) is 23.5 Å². The van der Waals surface area contributed by atoms with Gasteiger partial charge in [0.25, 0.3) is 0 Å². The van der Waals surface area contributed by atoms with Gasteiger partial charge in [0.2, 0.25) is 10.0 Å². The summed E-state index contributed by atoms with van der Waals surface area (Å²) in [5, 5.41) is 9.20. The fraction of sp³-hybridized carbons (Fsp3) is 0.316. The van der Waals surface area contributed by atoms with E-state index in [2.05, 4.69) is 0 Å². The maximum absolute atomic E-state index is 13.8. The summed E-state index contributed by atoms with van der Waals surface area (Å²) < 4.78 is 41.2. The van der Waals surface area contributed by atoms with Gasteiger partial charge < -0.3 is 9.80 Å². The monoisotopic (exact) mass is 388 g/mol. The van der Waals surface area contributed by atoms with Crippen LogP contribution in [0.2, 0.25) is 0 Å². The van der Waals surface area contributed by atoms with Gasteiger partial charge >= 0.3 is 0 Å². The van der Waals surface area contributed by atoms with Crippen LogP contribution >= 0.6 is 0 Å². The van der Waals surface area contributed by atoms with Crippen LogP contribution in [0, 0.1) is 17.1 Å². The fourth-order valence-electron chi connectivity index (χ4n) is 3.13. The zero-order valence-electron chi connectivity index (χ0n) is 15.3. The first kappa shape index (κ1) is 19.1. The normalized spacial score (nSPS) is 15.4. The van der Waals surface area contributed by atoms with Crippen LogP contribution < -0.4 is 9.80 Å². The van der Waals surface area contributed by atoms with Crippen molar-refractivity contribution in [2.75, 3.05) is 50.1 Å². The van der Waals surface area contributed by atoms with E-state index in [0.717, 1.165) is 5.69 Å². The molecule has 0 aromatic heterocycles. The van der Waals surface area contributed by atoms with Crippen LogP contribution in [-0.2, 0) is 10.0 Å². The van der Waals surface area contributed by atoms with Crippen molar-refractivity contribution in [1.82, 2.24) is 4.31 Å². The second-order valence-corrected chi connectivity index (χ2v) is 8.47. The highest BCUT2D eigenvalue weighted by Crippen LogP contribution is 2.26. The van der Waals surface area contributed by atoms with Gasteiger partial charge in [-0.15, -0.1) is 0 Å². The lowest BCUT2D eigenvalue weighted by Gasteiger charge is -2.35. The minimum atomic E-state index is -3.61. The quantitative estimate of drug-likeness (QED) is 0.804. The summed E-state index contributed by atoms with van der Waals surface area (Å²) in [5.74, 6) is -0.564. The highest BCUT2D eigenvalue weighted by atomic mass is 32.2. The minimum Gasteiger partial charge on any atom is -0.378 e. The highest BCUT2D eigenvalue weighted by molar-refractivity contribution is 7.89. The van der Waals surface area contributed by atoms with Gasteiger partial charge in [-0.25, -0.2) is 12.8 Å². The Balaban J connectivity index is 1.79. The zero-order valence-corrected chi connectivity index (χ0v) is 16.1. The van der Waals surface area contributed by atoms with E-state index in [0.29, 0.717) is 18.8 Å². The van der Waals surface area contributed by atoms with Crippen LogP contribution in [0.25, 0.3) is 0 Å². The smallest absolute Gasteiger partial charge is 0.243 e. The molecule has 0 amide bonds. The fourth-order valence-corrected chi connectivity index (χ4v) is 4.59. The molecule has 1 saturated heterocycles. The molecule has 6 nitrogen and oxygen atoms in total. The van der Waals surface area contributed by atoms with Gasteiger partial charge in [-0.3, -0.25) is 0 Å². The van der Waals surface area contributed by atoms with Crippen molar-refractivity contribution in [1.29, 1.82) is 5.26 Å². The number of anilines is 2. The van der Waals surface area contributed by atoms with Gasteiger partial charge in [0.15, 0.2) is 0 Å². The van der Waals surface area contributed by atoms with Crippen molar-refractivity contribution in [2.24, 2.45) is 0 Å². The first-order valence-corrected chi connectivity index (χ1v) is 9.99. The molecule has 2 aromatic carbocycles. The van der Waals surface area contributed by atoms with Gasteiger partial charge in [0.1, 0.15) is 17.4 Å². The Morgan fingerprint density at radius 2 is 1.74 bits per heavy atom. The molecule has 1 aliphatic heterocycles. The summed E-state index contributed by atoms with van der Waals surface area (Å²) in [5.41, 5.74) is 1.31. The summed E-state index contributed by atoms with van der Waals surface area (Å²) in [6, 6.07) is 13.2. The predicted molar refractivity (Wildman–Crippen MR) is 103 cm³/mol. The van der Waals surface area contributed by atoms with Gasteiger partial charge in [0, 0.05) is 46.0 Å². The number of piperazine rings is 1. The first-order chi connectivity index (χ1) is 12.8. The van der Waals surface area contributed by atoms with Crippen LogP contribution in [-0.4, -0.2) is 53.0 Å². The molecule has 0 N–H and O–H groups in total. The molecule has 2 aromatic rings. The Morgan fingerprint density at radius 1 is 1.07 bits per heavy atom. The van der Waals surface area contributed by atoms with Crippen LogP contribution in [0.15, 0.2) is 47.4 Å². The number of hydrogen-bond acceptors (Lipinski definition) is 5. The number of benzene rings is 2. The lowest BCUT2D eigenvalue weighted by Crippen LogP contribution is -2.48. The molecule has 0 aliphatic carbocycles. The molecule has 0 radical (unpaired) electrons. The molecule has 1 fully saturated rings. The van der Waals surface area contributed by atoms with E-state index >= 15 is 0 Å². The lowest BCUT2D eigenvalue weighted by atomic mass is 10.1. The van der Waals surface area contributed by atoms with Crippen LogP contribution in [0.1, 0.15) is 5.56 Å². The number of halogens is 1. The van der Waals surface area contributed by atoms with Crippen molar-refractivity contribution in [3.05, 3.63) is 53.8 Å².